The van der Waals surface area contributed by atoms with Gasteiger partial charge in [0, 0.05) is 36.9 Å². The predicted octanol–water partition coefficient (Wildman–Crippen LogP) is 4.90. The van der Waals surface area contributed by atoms with Gasteiger partial charge in [-0.05, 0) is 75.4 Å². The van der Waals surface area contributed by atoms with E-state index in [0.29, 0.717) is 47.1 Å². The van der Waals surface area contributed by atoms with Crippen LogP contribution in [0, 0.1) is 11.7 Å². The summed E-state index contributed by atoms with van der Waals surface area (Å²) in [6.45, 7) is 6.80. The highest BCUT2D eigenvalue weighted by atomic mass is 19.1. The van der Waals surface area contributed by atoms with Crippen LogP contribution < -0.4 is 15.0 Å². The SMILES string of the molecule is C[C@@H]1C[C@H]1c1ccccc1-c1ncc2c(N3CC4CCC(C3)N4)nc(OCC34CCCN3CCC4)nc2c1F. The minimum Gasteiger partial charge on any atom is -0.461 e. The summed E-state index contributed by atoms with van der Waals surface area (Å²) in [6, 6.07) is 9.30. The second-order valence-electron chi connectivity index (χ2n) is 12.7. The molecule has 1 aromatic carbocycles. The Balaban J connectivity index is 1.22. The van der Waals surface area contributed by atoms with Crippen LogP contribution in [0.15, 0.2) is 30.5 Å². The number of halogens is 1. The molecule has 8 heteroatoms. The minimum atomic E-state index is -0.374. The maximum absolute atomic E-state index is 16.5. The maximum atomic E-state index is 16.5. The largest absolute Gasteiger partial charge is 0.461 e. The number of hydrogen-bond donors (Lipinski definition) is 1. The molecule has 2 aromatic heterocycles. The summed E-state index contributed by atoms with van der Waals surface area (Å²) in [4.78, 5) is 19.3. The molecular weight excluding hydrogens is 491 g/mol. The summed E-state index contributed by atoms with van der Waals surface area (Å²) in [5.41, 5.74) is 2.83. The third-order valence-electron chi connectivity index (χ3n) is 10.2. The summed E-state index contributed by atoms with van der Waals surface area (Å²) >= 11 is 0. The summed E-state index contributed by atoms with van der Waals surface area (Å²) in [5.74, 6) is 1.47. The van der Waals surface area contributed by atoms with Gasteiger partial charge in [-0.2, -0.15) is 9.97 Å². The summed E-state index contributed by atoms with van der Waals surface area (Å²) < 4.78 is 22.9. The zero-order chi connectivity index (χ0) is 26.1. The fraction of sp³-hybridized carbons (Fsp3) is 0.581. The molecule has 5 fully saturated rings. The molecule has 2 bridgehead atoms. The van der Waals surface area contributed by atoms with Crippen molar-refractivity contribution in [3.63, 3.8) is 0 Å². The summed E-state index contributed by atoms with van der Waals surface area (Å²) in [5, 5.41) is 4.37. The highest BCUT2D eigenvalue weighted by Crippen LogP contribution is 2.50. The molecule has 0 radical (unpaired) electrons. The van der Waals surface area contributed by atoms with Gasteiger partial charge < -0.3 is 15.0 Å². The number of anilines is 1. The van der Waals surface area contributed by atoms with E-state index in [9.17, 15) is 0 Å². The Morgan fingerprint density at radius 2 is 1.82 bits per heavy atom. The average molecular weight is 529 g/mol. The van der Waals surface area contributed by atoms with Crippen molar-refractivity contribution in [2.24, 2.45) is 5.92 Å². The molecular formula is C31H37FN6O. The molecule has 1 N–H and O–H groups in total. The van der Waals surface area contributed by atoms with Gasteiger partial charge in [-0.15, -0.1) is 0 Å². The second-order valence-corrected chi connectivity index (χ2v) is 12.7. The molecule has 2 unspecified atom stereocenters. The molecule has 4 aliphatic heterocycles. The van der Waals surface area contributed by atoms with Crippen LogP contribution in [0.2, 0.25) is 0 Å². The van der Waals surface area contributed by atoms with Crippen molar-refractivity contribution in [3.05, 3.63) is 41.8 Å². The van der Waals surface area contributed by atoms with E-state index in [1.807, 2.05) is 18.2 Å². The Morgan fingerprint density at radius 3 is 2.56 bits per heavy atom. The van der Waals surface area contributed by atoms with Crippen LogP contribution in [-0.4, -0.2) is 70.3 Å². The van der Waals surface area contributed by atoms with Gasteiger partial charge in [0.1, 0.15) is 23.6 Å². The number of aromatic nitrogens is 3. The Labute approximate surface area is 229 Å². The molecule has 3 aromatic rings. The van der Waals surface area contributed by atoms with E-state index >= 15 is 4.39 Å². The summed E-state index contributed by atoms with van der Waals surface area (Å²) in [6.07, 6.45) is 9.97. The Bertz CT molecular complexity index is 1410. The van der Waals surface area contributed by atoms with Gasteiger partial charge in [-0.1, -0.05) is 31.2 Å². The molecule has 5 aliphatic rings. The number of pyridine rings is 1. The number of benzene rings is 1. The number of fused-ring (bicyclic) bond motifs is 4. The van der Waals surface area contributed by atoms with E-state index in [1.54, 1.807) is 6.20 Å². The third-order valence-corrected chi connectivity index (χ3v) is 10.2. The van der Waals surface area contributed by atoms with Crippen LogP contribution in [0.1, 0.15) is 63.4 Å². The standard InChI is InChI=1S/C31H37FN6O/c1-19-14-24(19)22-6-2-3-7-23(22)27-26(32)28-25(15-33-27)29(37-16-20-8-9-21(17-37)34-20)36-30(35-28)39-18-31-10-4-12-38(31)13-5-11-31/h2-3,6-7,15,19-21,24,34H,4-5,8-14,16-18H2,1H3/t19-,20?,21?,24-/m1/s1. The molecule has 1 saturated carbocycles. The van der Waals surface area contributed by atoms with Gasteiger partial charge in [-0.25, -0.2) is 4.39 Å². The van der Waals surface area contributed by atoms with Crippen molar-refractivity contribution in [3.8, 4) is 17.3 Å². The smallest absolute Gasteiger partial charge is 0.319 e. The lowest BCUT2D eigenvalue weighted by Crippen LogP contribution is -2.51. The van der Waals surface area contributed by atoms with Crippen molar-refractivity contribution in [2.45, 2.75) is 75.4 Å². The van der Waals surface area contributed by atoms with E-state index in [0.717, 1.165) is 56.8 Å². The van der Waals surface area contributed by atoms with Crippen LogP contribution in [0.5, 0.6) is 6.01 Å². The Hall–Kier alpha value is -2.84. The van der Waals surface area contributed by atoms with Crippen LogP contribution in [0.25, 0.3) is 22.2 Å². The molecule has 8 rings (SSSR count). The first-order valence-corrected chi connectivity index (χ1v) is 14.9. The van der Waals surface area contributed by atoms with Gasteiger partial charge in [0.15, 0.2) is 5.82 Å². The van der Waals surface area contributed by atoms with Crippen molar-refractivity contribution in [1.82, 2.24) is 25.2 Å². The number of nitrogens with zero attached hydrogens (tertiary/aromatic N) is 5. The zero-order valence-electron chi connectivity index (χ0n) is 22.7. The first-order chi connectivity index (χ1) is 19.1. The lowest BCUT2D eigenvalue weighted by atomic mass is 9.95. The van der Waals surface area contributed by atoms with Crippen LogP contribution >= 0.6 is 0 Å². The van der Waals surface area contributed by atoms with Gasteiger partial charge >= 0.3 is 6.01 Å². The number of piperazine rings is 1. The number of nitrogens with one attached hydrogen (secondary N) is 1. The number of ether oxygens (including phenoxy) is 1. The molecule has 4 saturated heterocycles. The minimum absolute atomic E-state index is 0.0779. The predicted molar refractivity (Wildman–Crippen MR) is 150 cm³/mol. The zero-order valence-corrected chi connectivity index (χ0v) is 22.7. The van der Waals surface area contributed by atoms with Crippen LogP contribution in [0.4, 0.5) is 10.2 Å². The Kier molecular flexibility index (Phi) is 5.60. The van der Waals surface area contributed by atoms with Crippen molar-refractivity contribution in [2.75, 3.05) is 37.7 Å². The van der Waals surface area contributed by atoms with Gasteiger partial charge in [-0.3, -0.25) is 9.88 Å². The van der Waals surface area contributed by atoms with E-state index in [1.165, 1.54) is 31.2 Å². The highest BCUT2D eigenvalue weighted by molar-refractivity contribution is 5.92. The quantitative estimate of drug-likeness (QED) is 0.488. The van der Waals surface area contributed by atoms with Crippen molar-refractivity contribution in [1.29, 1.82) is 0 Å². The Morgan fingerprint density at radius 1 is 1.08 bits per heavy atom. The topological polar surface area (TPSA) is 66.4 Å². The second kappa shape index (κ2) is 9.10. The monoisotopic (exact) mass is 528 g/mol. The van der Waals surface area contributed by atoms with Crippen LogP contribution in [-0.2, 0) is 0 Å². The average Bonchev–Trinajstić information content (AvgIpc) is 3.22. The molecule has 39 heavy (non-hydrogen) atoms. The van der Waals surface area contributed by atoms with Gasteiger partial charge in [0.2, 0.25) is 0 Å². The van der Waals surface area contributed by atoms with Crippen molar-refractivity contribution < 1.29 is 9.13 Å². The van der Waals surface area contributed by atoms with Gasteiger partial charge in [0.05, 0.1) is 10.9 Å². The molecule has 7 nitrogen and oxygen atoms in total. The summed E-state index contributed by atoms with van der Waals surface area (Å²) in [7, 11) is 0. The molecule has 6 heterocycles. The van der Waals surface area contributed by atoms with E-state index < -0.39 is 0 Å². The molecule has 0 amide bonds. The molecule has 204 valence electrons. The first-order valence-electron chi connectivity index (χ1n) is 14.9. The molecule has 1 aliphatic carbocycles. The number of rotatable bonds is 6. The van der Waals surface area contributed by atoms with Crippen LogP contribution in [0.3, 0.4) is 0 Å². The molecule has 0 spiro atoms. The molecule has 4 atom stereocenters. The van der Waals surface area contributed by atoms with Gasteiger partial charge in [0.25, 0.3) is 0 Å². The number of hydrogen-bond acceptors (Lipinski definition) is 7. The lowest BCUT2D eigenvalue weighted by molar-refractivity contribution is 0.108. The van der Waals surface area contributed by atoms with Crippen molar-refractivity contribution >= 4 is 16.7 Å². The fourth-order valence-corrected chi connectivity index (χ4v) is 7.94. The third kappa shape index (κ3) is 4.01. The van der Waals surface area contributed by atoms with E-state index in [4.69, 9.17) is 19.7 Å². The first kappa shape index (κ1) is 24.0. The maximum Gasteiger partial charge on any atom is 0.319 e. The lowest BCUT2D eigenvalue weighted by Gasteiger charge is -2.34. The normalized spacial score (nSPS) is 29.2. The highest BCUT2D eigenvalue weighted by Gasteiger charge is 2.45. The fourth-order valence-electron chi connectivity index (χ4n) is 7.94. The van der Waals surface area contributed by atoms with E-state index in [-0.39, 0.29) is 17.4 Å². The van der Waals surface area contributed by atoms with E-state index in [2.05, 4.69) is 28.1 Å².